The van der Waals surface area contributed by atoms with Crippen LogP contribution in [0.1, 0.15) is 16.8 Å². The number of nitrogens with one attached hydrogen (secondary N) is 1. The molecule has 7 nitrogen and oxygen atoms in total. The summed E-state index contributed by atoms with van der Waals surface area (Å²) in [5.74, 6) is 0.577. The van der Waals surface area contributed by atoms with Crippen molar-refractivity contribution in [3.63, 3.8) is 0 Å². The zero-order valence-corrected chi connectivity index (χ0v) is 17.6. The first-order chi connectivity index (χ1) is 14.3. The van der Waals surface area contributed by atoms with Gasteiger partial charge in [0.25, 0.3) is 5.56 Å². The highest BCUT2D eigenvalue weighted by molar-refractivity contribution is 6.31. The molecule has 152 valence electrons. The summed E-state index contributed by atoms with van der Waals surface area (Å²) in [6.45, 7) is 3.67. The van der Waals surface area contributed by atoms with Crippen molar-refractivity contribution in [2.45, 2.75) is 20.3 Å². The average Bonchev–Trinajstić information content (AvgIpc) is 3.19. The minimum atomic E-state index is -0.353. The highest BCUT2D eigenvalue weighted by atomic mass is 35.5. The third-order valence-corrected chi connectivity index (χ3v) is 5.36. The van der Waals surface area contributed by atoms with Gasteiger partial charge in [-0.25, -0.2) is 0 Å². The number of aromatic nitrogens is 4. The molecular formula is C22H20ClN5O2. The molecule has 0 aliphatic rings. The molecule has 4 rings (SSSR count). The molecule has 1 amide bonds. The number of nitrogens with zero attached hydrogens (tertiary/aromatic N) is 4. The van der Waals surface area contributed by atoms with E-state index in [0.717, 1.165) is 11.1 Å². The van der Waals surface area contributed by atoms with E-state index < -0.39 is 0 Å². The Labute approximate surface area is 178 Å². The molecule has 8 heteroatoms. The summed E-state index contributed by atoms with van der Waals surface area (Å²) in [6, 6.07) is 14.7. The van der Waals surface area contributed by atoms with E-state index in [1.807, 2.05) is 43.3 Å². The Balaban J connectivity index is 1.71. The first-order valence-electron chi connectivity index (χ1n) is 9.42. The topological polar surface area (TPSA) is 81.3 Å². The monoisotopic (exact) mass is 421 g/mol. The number of carbonyl (C=O) groups is 1. The normalized spacial score (nSPS) is 11.1. The predicted molar refractivity (Wildman–Crippen MR) is 117 cm³/mol. The van der Waals surface area contributed by atoms with Crippen LogP contribution in [0, 0.1) is 13.8 Å². The van der Waals surface area contributed by atoms with Gasteiger partial charge < -0.3 is 9.88 Å². The number of rotatable bonds is 4. The SMILES string of the molecule is Cc1ccc(Cl)cc1NC(=O)Cc1c(C)n(C)c2nc(-c3ccccc3)nn2c1=O. The van der Waals surface area contributed by atoms with Crippen molar-refractivity contribution in [3.8, 4) is 11.4 Å². The Hall–Kier alpha value is -3.45. The summed E-state index contributed by atoms with van der Waals surface area (Å²) in [5, 5.41) is 7.75. The van der Waals surface area contributed by atoms with Gasteiger partial charge in [0.1, 0.15) is 0 Å². The summed E-state index contributed by atoms with van der Waals surface area (Å²) in [5.41, 5.74) is 3.00. The Morgan fingerprint density at radius 2 is 1.87 bits per heavy atom. The molecule has 2 heterocycles. The zero-order chi connectivity index (χ0) is 21.4. The lowest BCUT2D eigenvalue weighted by Gasteiger charge is -2.12. The van der Waals surface area contributed by atoms with Crippen molar-refractivity contribution in [2.24, 2.45) is 7.05 Å². The molecule has 0 bridgehead atoms. The number of amides is 1. The van der Waals surface area contributed by atoms with Crippen LogP contribution in [0.25, 0.3) is 17.2 Å². The van der Waals surface area contributed by atoms with Crippen LogP contribution in [0.2, 0.25) is 5.02 Å². The molecule has 0 fully saturated rings. The van der Waals surface area contributed by atoms with E-state index in [9.17, 15) is 9.59 Å². The Morgan fingerprint density at radius 3 is 2.60 bits per heavy atom. The molecule has 0 radical (unpaired) electrons. The van der Waals surface area contributed by atoms with Gasteiger partial charge in [-0.15, -0.1) is 5.10 Å². The fourth-order valence-corrected chi connectivity index (χ4v) is 3.46. The van der Waals surface area contributed by atoms with Gasteiger partial charge in [0.2, 0.25) is 11.7 Å². The van der Waals surface area contributed by atoms with Crippen molar-refractivity contribution in [2.75, 3.05) is 5.32 Å². The summed E-state index contributed by atoms with van der Waals surface area (Å²) in [6.07, 6.45) is -0.0824. The molecule has 4 aromatic rings. The van der Waals surface area contributed by atoms with Crippen molar-refractivity contribution < 1.29 is 4.79 Å². The minimum Gasteiger partial charge on any atom is -0.326 e. The van der Waals surface area contributed by atoms with Gasteiger partial charge >= 0.3 is 0 Å². The maximum atomic E-state index is 13.1. The lowest BCUT2D eigenvalue weighted by atomic mass is 10.1. The summed E-state index contributed by atoms with van der Waals surface area (Å²) in [7, 11) is 1.80. The average molecular weight is 422 g/mol. The molecule has 1 N–H and O–H groups in total. The number of carbonyl (C=O) groups excluding carboxylic acids is 1. The van der Waals surface area contributed by atoms with Crippen LogP contribution >= 0.6 is 11.6 Å². The standard InChI is InChI=1S/C22H20ClN5O2/c1-13-9-10-16(23)11-18(13)24-19(29)12-17-14(2)27(3)22-25-20(26-28(22)21(17)30)15-7-5-4-6-8-15/h4-11H,12H2,1-3H3,(H,24,29). The molecule has 0 aliphatic carbocycles. The molecule has 0 saturated heterocycles. The van der Waals surface area contributed by atoms with Crippen molar-refractivity contribution >= 4 is 29.0 Å². The van der Waals surface area contributed by atoms with E-state index in [2.05, 4.69) is 15.4 Å². The number of aryl methyl sites for hydroxylation is 2. The van der Waals surface area contributed by atoms with E-state index in [4.69, 9.17) is 11.6 Å². The molecule has 2 aromatic carbocycles. The van der Waals surface area contributed by atoms with Crippen molar-refractivity contribution in [3.05, 3.63) is 80.7 Å². The number of benzene rings is 2. The lowest BCUT2D eigenvalue weighted by Crippen LogP contribution is -2.28. The zero-order valence-electron chi connectivity index (χ0n) is 16.8. The van der Waals surface area contributed by atoms with Crippen LogP contribution in [0.4, 0.5) is 5.69 Å². The second-order valence-corrected chi connectivity index (χ2v) is 7.56. The van der Waals surface area contributed by atoms with Gasteiger partial charge in [0, 0.05) is 34.6 Å². The Morgan fingerprint density at radius 1 is 1.13 bits per heavy atom. The Kier molecular flexibility index (Phi) is 5.13. The van der Waals surface area contributed by atoms with Crippen LogP contribution in [-0.2, 0) is 18.3 Å². The van der Waals surface area contributed by atoms with Crippen LogP contribution in [0.15, 0.2) is 53.3 Å². The molecule has 2 aromatic heterocycles. The maximum Gasteiger partial charge on any atom is 0.279 e. The van der Waals surface area contributed by atoms with Gasteiger partial charge in [-0.2, -0.15) is 9.50 Å². The first-order valence-corrected chi connectivity index (χ1v) is 9.79. The predicted octanol–water partition coefficient (Wildman–Crippen LogP) is 3.55. The maximum absolute atomic E-state index is 13.1. The fraction of sp³-hybridized carbons (Fsp3) is 0.182. The van der Waals surface area contributed by atoms with Gasteiger partial charge in [0.15, 0.2) is 5.82 Å². The minimum absolute atomic E-state index is 0.0824. The quantitative estimate of drug-likeness (QED) is 0.546. The second-order valence-electron chi connectivity index (χ2n) is 7.13. The summed E-state index contributed by atoms with van der Waals surface area (Å²) in [4.78, 5) is 30.3. The third kappa shape index (κ3) is 3.59. The van der Waals surface area contributed by atoms with E-state index >= 15 is 0 Å². The molecule has 0 saturated carbocycles. The number of anilines is 1. The number of hydrogen-bond donors (Lipinski definition) is 1. The van der Waals surface area contributed by atoms with E-state index in [1.165, 1.54) is 4.52 Å². The van der Waals surface area contributed by atoms with Crippen LogP contribution in [-0.4, -0.2) is 25.1 Å². The molecule has 0 aliphatic heterocycles. The van der Waals surface area contributed by atoms with Crippen molar-refractivity contribution in [1.82, 2.24) is 19.2 Å². The third-order valence-electron chi connectivity index (χ3n) is 5.12. The highest BCUT2D eigenvalue weighted by Gasteiger charge is 2.19. The summed E-state index contributed by atoms with van der Waals surface area (Å²) >= 11 is 6.03. The largest absolute Gasteiger partial charge is 0.326 e. The number of halogens is 1. The van der Waals surface area contributed by atoms with E-state index in [-0.39, 0.29) is 17.9 Å². The van der Waals surface area contributed by atoms with Gasteiger partial charge in [-0.3, -0.25) is 9.59 Å². The van der Waals surface area contributed by atoms with Crippen LogP contribution < -0.4 is 10.9 Å². The number of fused-ring (bicyclic) bond motifs is 1. The van der Waals surface area contributed by atoms with E-state index in [0.29, 0.717) is 33.6 Å². The van der Waals surface area contributed by atoms with Gasteiger partial charge in [0.05, 0.1) is 6.42 Å². The molecule has 0 atom stereocenters. The first kappa shape index (κ1) is 19.8. The fourth-order valence-electron chi connectivity index (χ4n) is 3.29. The smallest absolute Gasteiger partial charge is 0.279 e. The molecule has 0 unspecified atom stereocenters. The van der Waals surface area contributed by atoms with Crippen molar-refractivity contribution in [1.29, 1.82) is 0 Å². The summed E-state index contributed by atoms with van der Waals surface area (Å²) < 4.78 is 3.02. The van der Waals surface area contributed by atoms with Gasteiger partial charge in [-0.1, -0.05) is 48.0 Å². The van der Waals surface area contributed by atoms with E-state index in [1.54, 1.807) is 30.7 Å². The molecule has 30 heavy (non-hydrogen) atoms. The molecule has 0 spiro atoms. The van der Waals surface area contributed by atoms with Gasteiger partial charge in [-0.05, 0) is 31.5 Å². The lowest BCUT2D eigenvalue weighted by molar-refractivity contribution is -0.115. The molecular weight excluding hydrogens is 402 g/mol. The Bertz CT molecular complexity index is 1330. The van der Waals surface area contributed by atoms with Crippen LogP contribution in [0.5, 0.6) is 0 Å². The highest BCUT2D eigenvalue weighted by Crippen LogP contribution is 2.21. The second kappa shape index (κ2) is 7.76. The number of hydrogen-bond acceptors (Lipinski definition) is 4. The van der Waals surface area contributed by atoms with Crippen LogP contribution in [0.3, 0.4) is 0 Å².